The van der Waals surface area contributed by atoms with Crippen LogP contribution in [-0.2, 0) is 13.5 Å². The Balaban J connectivity index is 0.00000280. The molecular formula is C20H29FIN5O. The molecule has 0 aliphatic carbocycles. The minimum absolute atomic E-state index is 0. The smallest absolute Gasteiger partial charge is 0.193 e. The molecule has 1 aliphatic heterocycles. The lowest BCUT2D eigenvalue weighted by molar-refractivity contribution is 0.221. The number of aryl methyl sites for hydroxylation is 1. The van der Waals surface area contributed by atoms with Crippen LogP contribution in [0.25, 0.3) is 0 Å². The van der Waals surface area contributed by atoms with Crippen LogP contribution in [0.5, 0.6) is 5.75 Å². The van der Waals surface area contributed by atoms with Gasteiger partial charge >= 0.3 is 0 Å². The van der Waals surface area contributed by atoms with E-state index < -0.39 is 0 Å². The molecule has 1 fully saturated rings. The van der Waals surface area contributed by atoms with Crippen molar-refractivity contribution in [3.63, 3.8) is 0 Å². The van der Waals surface area contributed by atoms with Gasteiger partial charge in [0.05, 0.1) is 12.7 Å². The monoisotopic (exact) mass is 501 g/mol. The van der Waals surface area contributed by atoms with E-state index in [4.69, 9.17) is 4.74 Å². The van der Waals surface area contributed by atoms with Crippen LogP contribution in [-0.4, -0.2) is 53.4 Å². The maximum atomic E-state index is 13.3. The third-order valence-corrected chi connectivity index (χ3v) is 4.76. The lowest BCUT2D eigenvalue weighted by Crippen LogP contribution is -2.43. The third kappa shape index (κ3) is 6.35. The van der Waals surface area contributed by atoms with E-state index in [0.29, 0.717) is 18.2 Å². The highest BCUT2D eigenvalue weighted by Gasteiger charge is 2.25. The van der Waals surface area contributed by atoms with Crippen LogP contribution < -0.4 is 10.1 Å². The van der Waals surface area contributed by atoms with E-state index in [1.165, 1.54) is 17.7 Å². The molecule has 6 nitrogen and oxygen atoms in total. The normalized spacial score (nSPS) is 17.9. The van der Waals surface area contributed by atoms with E-state index in [0.717, 1.165) is 31.9 Å². The number of hydrogen-bond donors (Lipinski definition) is 1. The lowest BCUT2D eigenvalue weighted by atomic mass is 10.0. The lowest BCUT2D eigenvalue weighted by Gasteiger charge is -2.23. The molecule has 1 aromatic heterocycles. The number of ether oxygens (including phenoxy) is 1. The highest BCUT2D eigenvalue weighted by Crippen LogP contribution is 2.20. The number of hydrogen-bond acceptors (Lipinski definition) is 3. The van der Waals surface area contributed by atoms with Crippen molar-refractivity contribution in [3.05, 3.63) is 48.0 Å². The molecule has 1 aromatic carbocycles. The topological polar surface area (TPSA) is 54.7 Å². The van der Waals surface area contributed by atoms with Gasteiger partial charge in [-0.3, -0.25) is 9.67 Å². The molecule has 0 spiro atoms. The predicted octanol–water partition coefficient (Wildman–Crippen LogP) is 3.08. The van der Waals surface area contributed by atoms with E-state index >= 15 is 0 Å². The van der Waals surface area contributed by atoms with E-state index in [2.05, 4.69) is 26.5 Å². The summed E-state index contributed by atoms with van der Waals surface area (Å²) in [6, 6.07) is 6.22. The second-order valence-electron chi connectivity index (χ2n) is 7.14. The molecule has 2 aromatic rings. The van der Waals surface area contributed by atoms with Gasteiger partial charge in [-0.05, 0) is 43.4 Å². The molecule has 0 saturated carbocycles. The third-order valence-electron chi connectivity index (χ3n) is 4.76. The second kappa shape index (κ2) is 10.6. The first kappa shape index (κ1) is 22.4. The predicted molar refractivity (Wildman–Crippen MR) is 120 cm³/mol. The fourth-order valence-corrected chi connectivity index (χ4v) is 3.48. The number of aliphatic imine (C=N–C) groups is 1. The van der Waals surface area contributed by atoms with Crippen LogP contribution in [0.2, 0.25) is 0 Å². The summed E-state index contributed by atoms with van der Waals surface area (Å²) < 4.78 is 20.9. The Morgan fingerprint density at radius 3 is 2.96 bits per heavy atom. The maximum absolute atomic E-state index is 13.3. The zero-order chi connectivity index (χ0) is 19.2. The van der Waals surface area contributed by atoms with Crippen molar-refractivity contribution in [2.75, 3.05) is 26.7 Å². The molecule has 154 valence electrons. The molecule has 0 bridgehead atoms. The van der Waals surface area contributed by atoms with Crippen molar-refractivity contribution < 1.29 is 9.13 Å². The van der Waals surface area contributed by atoms with Gasteiger partial charge in [0.15, 0.2) is 5.96 Å². The molecule has 8 heteroatoms. The number of aromatic nitrogens is 2. The summed E-state index contributed by atoms with van der Waals surface area (Å²) >= 11 is 0. The number of nitrogens with one attached hydrogen (secondary N) is 1. The minimum atomic E-state index is -0.291. The molecule has 1 aliphatic rings. The second-order valence-corrected chi connectivity index (χ2v) is 7.14. The Morgan fingerprint density at radius 1 is 1.46 bits per heavy atom. The first-order chi connectivity index (χ1) is 13.0. The number of nitrogens with zero attached hydrogens (tertiary/aromatic N) is 4. The van der Waals surface area contributed by atoms with Crippen LogP contribution in [0, 0.1) is 11.7 Å². The first-order valence-corrected chi connectivity index (χ1v) is 9.39. The summed E-state index contributed by atoms with van der Waals surface area (Å²) in [4.78, 5) is 6.70. The van der Waals surface area contributed by atoms with Crippen molar-refractivity contribution in [2.45, 2.75) is 25.9 Å². The average molecular weight is 501 g/mol. The highest BCUT2D eigenvalue weighted by molar-refractivity contribution is 14.0. The first-order valence-electron chi connectivity index (χ1n) is 9.39. The van der Waals surface area contributed by atoms with E-state index in [1.807, 2.05) is 24.9 Å². The molecule has 0 radical (unpaired) electrons. The van der Waals surface area contributed by atoms with Crippen LogP contribution in [0.4, 0.5) is 4.39 Å². The van der Waals surface area contributed by atoms with Gasteiger partial charge in [0, 0.05) is 39.4 Å². The molecule has 28 heavy (non-hydrogen) atoms. The van der Waals surface area contributed by atoms with Crippen LogP contribution in [0.3, 0.4) is 0 Å². The summed E-state index contributed by atoms with van der Waals surface area (Å²) in [6.45, 7) is 4.53. The fourth-order valence-electron chi connectivity index (χ4n) is 3.48. The summed E-state index contributed by atoms with van der Waals surface area (Å²) in [7, 11) is 3.75. The molecular weight excluding hydrogens is 472 g/mol. The minimum Gasteiger partial charge on any atom is -0.489 e. The van der Waals surface area contributed by atoms with Crippen molar-refractivity contribution in [2.24, 2.45) is 18.0 Å². The van der Waals surface area contributed by atoms with E-state index in [1.54, 1.807) is 19.2 Å². The number of halogens is 2. The van der Waals surface area contributed by atoms with E-state index in [-0.39, 0.29) is 35.9 Å². The van der Waals surface area contributed by atoms with Gasteiger partial charge in [-0.25, -0.2) is 4.39 Å². The Kier molecular flexibility index (Phi) is 8.53. The maximum Gasteiger partial charge on any atom is 0.193 e. The molecule has 1 N–H and O–H groups in total. The van der Waals surface area contributed by atoms with E-state index in [9.17, 15) is 4.39 Å². The highest BCUT2D eigenvalue weighted by atomic mass is 127. The average Bonchev–Trinajstić information content (AvgIpc) is 3.25. The van der Waals surface area contributed by atoms with Crippen molar-refractivity contribution in [1.29, 1.82) is 0 Å². The Morgan fingerprint density at radius 2 is 2.29 bits per heavy atom. The van der Waals surface area contributed by atoms with Gasteiger partial charge in [-0.1, -0.05) is 6.07 Å². The van der Waals surface area contributed by atoms with Gasteiger partial charge in [0.1, 0.15) is 17.7 Å². The summed E-state index contributed by atoms with van der Waals surface area (Å²) in [5, 5.41) is 7.62. The molecule has 2 unspecified atom stereocenters. The number of likely N-dealkylation sites (tertiary alicyclic amines) is 1. The zero-order valence-electron chi connectivity index (χ0n) is 16.6. The number of rotatable bonds is 6. The van der Waals surface area contributed by atoms with Crippen molar-refractivity contribution in [3.8, 4) is 5.75 Å². The SMILES string of the molecule is CN=C(NCC(C)Oc1cccc(F)c1)N1CCC(Cc2cnn(C)c2)C1.I. The standard InChI is InChI=1S/C20H28FN5O.HI/c1-15(27-19-6-4-5-18(21)10-19)11-23-20(22-2)26-8-7-16(14-26)9-17-12-24-25(3)13-17;/h4-6,10,12-13,15-16H,7-9,11,14H2,1-3H3,(H,22,23);1H. The number of guanidine groups is 1. The number of benzene rings is 1. The molecule has 1 saturated heterocycles. The van der Waals surface area contributed by atoms with Gasteiger partial charge < -0.3 is 15.0 Å². The molecule has 0 amide bonds. The van der Waals surface area contributed by atoms with Crippen LogP contribution in [0.15, 0.2) is 41.7 Å². The quantitative estimate of drug-likeness (QED) is 0.376. The summed E-state index contributed by atoms with van der Waals surface area (Å²) in [5.41, 5.74) is 1.28. The zero-order valence-corrected chi connectivity index (χ0v) is 19.0. The fraction of sp³-hybridized carbons (Fsp3) is 0.500. The summed E-state index contributed by atoms with van der Waals surface area (Å²) in [5.74, 6) is 1.74. The van der Waals surface area contributed by atoms with Crippen LogP contribution >= 0.6 is 24.0 Å². The van der Waals surface area contributed by atoms with Gasteiger partial charge in [-0.15, -0.1) is 24.0 Å². The molecule has 3 rings (SSSR count). The molecule has 2 heterocycles. The van der Waals surface area contributed by atoms with Crippen molar-refractivity contribution in [1.82, 2.24) is 20.0 Å². The molecule has 2 atom stereocenters. The Bertz CT molecular complexity index is 781. The van der Waals surface area contributed by atoms with Gasteiger partial charge in [-0.2, -0.15) is 5.10 Å². The van der Waals surface area contributed by atoms with Crippen LogP contribution in [0.1, 0.15) is 18.9 Å². The van der Waals surface area contributed by atoms with Gasteiger partial charge in [0.2, 0.25) is 0 Å². The Hall–Kier alpha value is -1.84. The Labute approximate surface area is 183 Å². The van der Waals surface area contributed by atoms with Gasteiger partial charge in [0.25, 0.3) is 0 Å². The van der Waals surface area contributed by atoms with Crippen molar-refractivity contribution >= 4 is 29.9 Å². The largest absolute Gasteiger partial charge is 0.489 e. The summed E-state index contributed by atoms with van der Waals surface area (Å²) in [6.07, 6.45) is 6.12.